The molecular formula is C16H17BrN2O2. The van der Waals surface area contributed by atoms with Gasteiger partial charge >= 0.3 is 0 Å². The van der Waals surface area contributed by atoms with Crippen molar-refractivity contribution in [3.8, 4) is 0 Å². The number of carbonyl (C=O) groups excluding carboxylic acids is 2. The van der Waals surface area contributed by atoms with Gasteiger partial charge in [0.15, 0.2) is 5.78 Å². The van der Waals surface area contributed by atoms with Crippen molar-refractivity contribution >= 4 is 27.6 Å². The average Bonchev–Trinajstić information content (AvgIpc) is 2.71. The number of Topliss-reactive ketones (excluding diaryl/α,β-unsaturated/α-hetero) is 1. The minimum Gasteiger partial charge on any atom is -0.354 e. The molecule has 2 aromatic rings. The molecule has 21 heavy (non-hydrogen) atoms. The second-order valence-corrected chi connectivity index (χ2v) is 5.91. The van der Waals surface area contributed by atoms with E-state index in [0.29, 0.717) is 23.4 Å². The molecule has 1 aromatic heterocycles. The molecule has 1 amide bonds. The smallest absolute Gasteiger partial charge is 0.268 e. The summed E-state index contributed by atoms with van der Waals surface area (Å²) < 4.78 is 0.972. The monoisotopic (exact) mass is 348 g/mol. The maximum atomic E-state index is 12.2. The molecule has 0 aliphatic heterocycles. The third-order valence-electron chi connectivity index (χ3n) is 3.36. The number of benzene rings is 1. The quantitative estimate of drug-likeness (QED) is 0.830. The normalized spacial score (nSPS) is 10.5. The lowest BCUT2D eigenvalue weighted by Gasteiger charge is -2.05. The summed E-state index contributed by atoms with van der Waals surface area (Å²) in [6.45, 7) is 5.53. The van der Waals surface area contributed by atoms with E-state index in [1.54, 1.807) is 13.8 Å². The lowest BCUT2D eigenvalue weighted by atomic mass is 10.1. The number of carbonyl (C=O) groups is 2. The van der Waals surface area contributed by atoms with Crippen LogP contribution in [0.5, 0.6) is 0 Å². The molecule has 0 saturated heterocycles. The van der Waals surface area contributed by atoms with Crippen LogP contribution < -0.4 is 5.32 Å². The van der Waals surface area contributed by atoms with Gasteiger partial charge in [0, 0.05) is 22.3 Å². The molecule has 0 aliphatic rings. The molecule has 0 aliphatic carbocycles. The Balaban J connectivity index is 2.14. The van der Waals surface area contributed by atoms with Crippen LogP contribution in [0, 0.1) is 13.8 Å². The Bertz CT molecular complexity index is 704. The Kier molecular flexibility index (Phi) is 4.63. The van der Waals surface area contributed by atoms with Crippen molar-refractivity contribution in [2.45, 2.75) is 27.3 Å². The number of ketones is 1. The molecule has 1 heterocycles. The lowest BCUT2D eigenvalue weighted by molar-refractivity contribution is 0.0945. The van der Waals surface area contributed by atoms with E-state index in [9.17, 15) is 9.59 Å². The van der Waals surface area contributed by atoms with Crippen LogP contribution in [0.2, 0.25) is 0 Å². The Hall–Kier alpha value is -1.88. The SMILES string of the molecule is CC(=O)c1c(C)[nH]c(C(=O)NCc2cccc(Br)c2)c1C. The number of aromatic nitrogens is 1. The number of aromatic amines is 1. The third-order valence-corrected chi connectivity index (χ3v) is 3.85. The maximum Gasteiger partial charge on any atom is 0.268 e. The zero-order valence-electron chi connectivity index (χ0n) is 12.2. The fraction of sp³-hybridized carbons (Fsp3) is 0.250. The fourth-order valence-corrected chi connectivity index (χ4v) is 2.87. The van der Waals surface area contributed by atoms with Gasteiger partial charge in [-0.15, -0.1) is 0 Å². The van der Waals surface area contributed by atoms with Gasteiger partial charge in [0.05, 0.1) is 0 Å². The number of halogens is 1. The Morgan fingerprint density at radius 3 is 2.57 bits per heavy atom. The Morgan fingerprint density at radius 1 is 1.29 bits per heavy atom. The summed E-state index contributed by atoms with van der Waals surface area (Å²) in [5.41, 5.74) is 3.49. The van der Waals surface area contributed by atoms with Gasteiger partial charge < -0.3 is 10.3 Å². The van der Waals surface area contributed by atoms with E-state index in [1.807, 2.05) is 24.3 Å². The maximum absolute atomic E-state index is 12.2. The van der Waals surface area contributed by atoms with Crippen molar-refractivity contribution in [3.05, 3.63) is 56.8 Å². The zero-order valence-corrected chi connectivity index (χ0v) is 13.8. The van der Waals surface area contributed by atoms with E-state index >= 15 is 0 Å². The standard InChI is InChI=1S/C16H17BrN2O2/c1-9-14(11(3)20)10(2)19-15(9)16(21)18-8-12-5-4-6-13(17)7-12/h4-7,19H,8H2,1-3H3,(H,18,21). The Morgan fingerprint density at radius 2 is 2.00 bits per heavy atom. The van der Waals surface area contributed by atoms with E-state index in [-0.39, 0.29) is 11.7 Å². The van der Waals surface area contributed by atoms with Gasteiger partial charge in [-0.05, 0) is 44.0 Å². The van der Waals surface area contributed by atoms with Crippen molar-refractivity contribution in [1.82, 2.24) is 10.3 Å². The van der Waals surface area contributed by atoms with Crippen LogP contribution in [-0.2, 0) is 6.54 Å². The predicted molar refractivity (Wildman–Crippen MR) is 85.6 cm³/mol. The summed E-state index contributed by atoms with van der Waals surface area (Å²) in [4.78, 5) is 26.8. The number of rotatable bonds is 4. The molecule has 0 unspecified atom stereocenters. The summed E-state index contributed by atoms with van der Waals surface area (Å²) in [5, 5.41) is 2.86. The average molecular weight is 349 g/mol. The molecule has 0 spiro atoms. The largest absolute Gasteiger partial charge is 0.354 e. The molecule has 0 fully saturated rings. The van der Waals surface area contributed by atoms with Gasteiger partial charge in [-0.3, -0.25) is 9.59 Å². The number of nitrogens with one attached hydrogen (secondary N) is 2. The van der Waals surface area contributed by atoms with Crippen LogP contribution in [0.3, 0.4) is 0 Å². The summed E-state index contributed by atoms with van der Waals surface area (Å²) in [6, 6.07) is 7.75. The second-order valence-electron chi connectivity index (χ2n) is 4.99. The molecular weight excluding hydrogens is 332 g/mol. The van der Waals surface area contributed by atoms with Gasteiger partial charge in [0.1, 0.15) is 5.69 Å². The van der Waals surface area contributed by atoms with E-state index in [1.165, 1.54) is 6.92 Å². The van der Waals surface area contributed by atoms with Crippen LogP contribution in [0.4, 0.5) is 0 Å². The van der Waals surface area contributed by atoms with Gasteiger partial charge in [0.2, 0.25) is 0 Å². The van der Waals surface area contributed by atoms with Crippen molar-refractivity contribution in [1.29, 1.82) is 0 Å². The van der Waals surface area contributed by atoms with Crippen LogP contribution in [0.1, 0.15) is 44.6 Å². The van der Waals surface area contributed by atoms with Crippen LogP contribution in [0.25, 0.3) is 0 Å². The number of aryl methyl sites for hydroxylation is 1. The predicted octanol–water partition coefficient (Wildman–Crippen LogP) is 3.53. The van der Waals surface area contributed by atoms with Crippen LogP contribution in [0.15, 0.2) is 28.7 Å². The first-order chi connectivity index (χ1) is 9.90. The number of hydrogen-bond acceptors (Lipinski definition) is 2. The Labute approximate surface area is 132 Å². The van der Waals surface area contributed by atoms with Crippen molar-refractivity contribution < 1.29 is 9.59 Å². The molecule has 1 aromatic carbocycles. The minimum atomic E-state index is -0.205. The first-order valence-corrected chi connectivity index (χ1v) is 7.42. The molecule has 0 bridgehead atoms. The molecule has 5 heteroatoms. The number of amides is 1. The molecule has 0 radical (unpaired) electrons. The molecule has 4 nitrogen and oxygen atoms in total. The molecule has 0 atom stereocenters. The number of H-pyrrole nitrogens is 1. The lowest BCUT2D eigenvalue weighted by Crippen LogP contribution is -2.24. The molecule has 2 rings (SSSR count). The summed E-state index contributed by atoms with van der Waals surface area (Å²) in [5.74, 6) is -0.240. The topological polar surface area (TPSA) is 62.0 Å². The highest BCUT2D eigenvalue weighted by atomic mass is 79.9. The summed E-state index contributed by atoms with van der Waals surface area (Å²) in [6.07, 6.45) is 0. The third kappa shape index (κ3) is 3.42. The van der Waals surface area contributed by atoms with Gasteiger partial charge in [0.25, 0.3) is 5.91 Å². The van der Waals surface area contributed by atoms with Crippen molar-refractivity contribution in [2.75, 3.05) is 0 Å². The zero-order chi connectivity index (χ0) is 15.6. The molecule has 110 valence electrons. The molecule has 2 N–H and O–H groups in total. The van der Waals surface area contributed by atoms with Gasteiger partial charge in [-0.2, -0.15) is 0 Å². The van der Waals surface area contributed by atoms with Crippen molar-refractivity contribution in [2.24, 2.45) is 0 Å². The first kappa shape index (κ1) is 15.5. The van der Waals surface area contributed by atoms with Crippen LogP contribution >= 0.6 is 15.9 Å². The minimum absolute atomic E-state index is 0.0349. The van der Waals surface area contributed by atoms with Gasteiger partial charge in [-0.25, -0.2) is 0 Å². The van der Waals surface area contributed by atoms with E-state index in [0.717, 1.165) is 15.7 Å². The van der Waals surface area contributed by atoms with Crippen molar-refractivity contribution in [3.63, 3.8) is 0 Å². The summed E-state index contributed by atoms with van der Waals surface area (Å²) >= 11 is 3.40. The first-order valence-electron chi connectivity index (χ1n) is 6.63. The molecule has 0 saturated carbocycles. The fourth-order valence-electron chi connectivity index (χ4n) is 2.42. The van der Waals surface area contributed by atoms with Gasteiger partial charge in [-0.1, -0.05) is 28.1 Å². The van der Waals surface area contributed by atoms with E-state index in [4.69, 9.17) is 0 Å². The van der Waals surface area contributed by atoms with E-state index in [2.05, 4.69) is 26.2 Å². The van der Waals surface area contributed by atoms with Crippen LogP contribution in [-0.4, -0.2) is 16.7 Å². The highest BCUT2D eigenvalue weighted by molar-refractivity contribution is 9.10. The summed E-state index contributed by atoms with van der Waals surface area (Å²) in [7, 11) is 0. The van der Waals surface area contributed by atoms with E-state index < -0.39 is 0 Å². The second kappa shape index (κ2) is 6.26. The highest BCUT2D eigenvalue weighted by Gasteiger charge is 2.19. The number of hydrogen-bond donors (Lipinski definition) is 2. The highest BCUT2D eigenvalue weighted by Crippen LogP contribution is 2.18.